The number of benzene rings is 1. The van der Waals surface area contributed by atoms with E-state index in [0.717, 1.165) is 29.5 Å². The third kappa shape index (κ3) is 5.67. The number of carbonyl (C=O) groups excluding carboxylic acids is 2. The highest BCUT2D eigenvalue weighted by molar-refractivity contribution is 7.91. The van der Waals surface area contributed by atoms with Crippen LogP contribution in [0.25, 0.3) is 0 Å². The number of nitrogens with zero attached hydrogens (tertiary/aromatic N) is 1. The number of halogens is 3. The van der Waals surface area contributed by atoms with Crippen LogP contribution in [0.1, 0.15) is 25.3 Å². The van der Waals surface area contributed by atoms with Crippen molar-refractivity contribution in [2.45, 2.75) is 36.3 Å². The minimum atomic E-state index is -4.55. The van der Waals surface area contributed by atoms with Gasteiger partial charge in [-0.25, -0.2) is 8.42 Å². The van der Waals surface area contributed by atoms with Gasteiger partial charge in [0.05, 0.1) is 11.5 Å². The van der Waals surface area contributed by atoms with Crippen molar-refractivity contribution in [2.75, 3.05) is 18.4 Å². The van der Waals surface area contributed by atoms with E-state index < -0.39 is 45.7 Å². The van der Waals surface area contributed by atoms with Crippen LogP contribution in [0.15, 0.2) is 46.0 Å². The molecule has 12 heteroatoms. The van der Waals surface area contributed by atoms with Crippen molar-refractivity contribution in [1.29, 1.82) is 0 Å². The highest BCUT2D eigenvalue weighted by Gasteiger charge is 2.34. The summed E-state index contributed by atoms with van der Waals surface area (Å²) >= 11 is 1.12. The normalized spacial score (nSPS) is 17.0. The first-order chi connectivity index (χ1) is 15.0. The minimum absolute atomic E-state index is 0.0696. The first-order valence-corrected chi connectivity index (χ1v) is 12.0. The zero-order chi connectivity index (χ0) is 23.5. The molecule has 7 nitrogen and oxygen atoms in total. The average molecular weight is 491 g/mol. The molecule has 0 radical (unpaired) electrons. The maximum atomic E-state index is 12.8. The maximum absolute atomic E-state index is 12.8. The molecular weight excluding hydrogens is 469 g/mol. The lowest BCUT2D eigenvalue weighted by molar-refractivity contribution is -0.158. The van der Waals surface area contributed by atoms with Crippen molar-refractivity contribution in [2.24, 2.45) is 5.92 Å². The van der Waals surface area contributed by atoms with E-state index in [0.29, 0.717) is 0 Å². The molecule has 2 aromatic rings. The Kier molecular flexibility index (Phi) is 7.25. The largest absolute Gasteiger partial charge is 0.452 e. The van der Waals surface area contributed by atoms with Gasteiger partial charge >= 0.3 is 12.1 Å². The van der Waals surface area contributed by atoms with E-state index in [9.17, 15) is 31.2 Å². The molecule has 1 atom stereocenters. The molecule has 1 N–H and O–H groups in total. The van der Waals surface area contributed by atoms with Gasteiger partial charge in [-0.1, -0.05) is 12.1 Å². The van der Waals surface area contributed by atoms with Gasteiger partial charge < -0.3 is 10.1 Å². The number of alkyl halides is 3. The number of hydrogen-bond donors (Lipinski definition) is 1. The molecule has 1 aromatic heterocycles. The Bertz CT molecular complexity index is 1060. The molecule has 3 rings (SSSR count). The van der Waals surface area contributed by atoms with E-state index in [-0.39, 0.29) is 35.8 Å². The maximum Gasteiger partial charge on any atom is 0.416 e. The quantitative estimate of drug-likeness (QED) is 0.623. The van der Waals surface area contributed by atoms with Crippen molar-refractivity contribution >= 4 is 38.9 Å². The molecule has 2 heterocycles. The fraction of sp³-hybridized carbons (Fsp3) is 0.400. The molecule has 0 saturated carbocycles. The summed E-state index contributed by atoms with van der Waals surface area (Å²) in [6, 6.07) is 7.29. The third-order valence-electron chi connectivity index (χ3n) is 5.00. The molecule has 32 heavy (non-hydrogen) atoms. The van der Waals surface area contributed by atoms with Crippen molar-refractivity contribution in [3.8, 4) is 0 Å². The van der Waals surface area contributed by atoms with Gasteiger partial charge in [0.15, 0.2) is 6.10 Å². The van der Waals surface area contributed by atoms with Crippen LogP contribution in [0.4, 0.5) is 18.9 Å². The summed E-state index contributed by atoms with van der Waals surface area (Å²) in [5, 5.41) is 3.97. The van der Waals surface area contributed by atoms with Gasteiger partial charge in [0.1, 0.15) is 4.21 Å². The number of carbonyl (C=O) groups is 2. The Morgan fingerprint density at radius 2 is 1.88 bits per heavy atom. The highest BCUT2D eigenvalue weighted by atomic mass is 32.2. The SMILES string of the molecule is CC(OC(=O)C1CCN(S(=O)(=O)c2cccs2)CC1)C(=O)Nc1cccc(C(F)(F)F)c1. The van der Waals surface area contributed by atoms with Crippen LogP contribution >= 0.6 is 11.3 Å². The van der Waals surface area contributed by atoms with Crippen LogP contribution in [0.2, 0.25) is 0 Å². The van der Waals surface area contributed by atoms with E-state index >= 15 is 0 Å². The number of ether oxygens (including phenoxy) is 1. The van der Waals surface area contributed by atoms with Gasteiger partial charge in [-0.05, 0) is 49.4 Å². The molecule has 1 fully saturated rings. The Morgan fingerprint density at radius 1 is 1.19 bits per heavy atom. The molecule has 1 aliphatic rings. The van der Waals surface area contributed by atoms with Crippen LogP contribution in [-0.4, -0.2) is 43.8 Å². The standard InChI is InChI=1S/C20H21F3N2O5S2/c1-13(18(26)24-16-5-2-4-15(12-16)20(21,22)23)30-19(27)14-7-9-25(10-8-14)32(28,29)17-6-3-11-31-17/h2-6,11-14H,7-10H2,1H3,(H,24,26). The number of thiophene rings is 1. The second-order valence-corrected chi connectivity index (χ2v) is 10.4. The van der Waals surface area contributed by atoms with Gasteiger partial charge in [-0.2, -0.15) is 17.5 Å². The van der Waals surface area contributed by atoms with Crippen molar-refractivity contribution < 1.29 is 35.9 Å². The lowest BCUT2D eigenvalue weighted by Crippen LogP contribution is -2.41. The van der Waals surface area contributed by atoms with Gasteiger partial charge in [0, 0.05) is 18.8 Å². The number of piperidine rings is 1. The van der Waals surface area contributed by atoms with Gasteiger partial charge in [0.2, 0.25) is 0 Å². The number of esters is 1. The number of nitrogens with one attached hydrogen (secondary N) is 1. The van der Waals surface area contributed by atoms with Gasteiger partial charge in [-0.3, -0.25) is 9.59 Å². The third-order valence-corrected chi connectivity index (χ3v) is 8.27. The van der Waals surface area contributed by atoms with Gasteiger partial charge in [0.25, 0.3) is 15.9 Å². The molecular formula is C20H21F3N2O5S2. The highest BCUT2D eigenvalue weighted by Crippen LogP contribution is 2.31. The summed E-state index contributed by atoms with van der Waals surface area (Å²) in [5.41, 5.74) is -0.982. The zero-order valence-electron chi connectivity index (χ0n) is 17.0. The molecule has 1 amide bonds. The van der Waals surface area contributed by atoms with Crippen LogP contribution < -0.4 is 5.32 Å². The second kappa shape index (κ2) is 9.59. The first-order valence-electron chi connectivity index (χ1n) is 9.71. The Labute approximate surface area is 187 Å². The lowest BCUT2D eigenvalue weighted by atomic mass is 9.98. The zero-order valence-corrected chi connectivity index (χ0v) is 18.6. The van der Waals surface area contributed by atoms with E-state index in [1.165, 1.54) is 23.4 Å². The number of sulfonamides is 1. The predicted octanol–water partition coefficient (Wildman–Crippen LogP) is 3.74. The van der Waals surface area contributed by atoms with Crippen LogP contribution in [0.5, 0.6) is 0 Å². The smallest absolute Gasteiger partial charge is 0.416 e. The fourth-order valence-electron chi connectivity index (χ4n) is 3.21. The molecule has 1 aliphatic heterocycles. The second-order valence-electron chi connectivity index (χ2n) is 7.26. The molecule has 0 spiro atoms. The molecule has 1 unspecified atom stereocenters. The molecule has 1 saturated heterocycles. The molecule has 0 bridgehead atoms. The van der Waals surface area contributed by atoms with E-state index in [1.54, 1.807) is 11.4 Å². The van der Waals surface area contributed by atoms with Crippen LogP contribution in [0, 0.1) is 5.92 Å². The average Bonchev–Trinajstić information content (AvgIpc) is 3.29. The molecule has 0 aliphatic carbocycles. The summed E-state index contributed by atoms with van der Waals surface area (Å²) in [6.45, 7) is 1.60. The summed E-state index contributed by atoms with van der Waals surface area (Å²) in [4.78, 5) is 24.7. The van der Waals surface area contributed by atoms with Crippen LogP contribution in [0.3, 0.4) is 0 Å². The summed E-state index contributed by atoms with van der Waals surface area (Å²) in [6.07, 6.45) is -5.30. The predicted molar refractivity (Wildman–Crippen MR) is 111 cm³/mol. The summed E-state index contributed by atoms with van der Waals surface area (Å²) < 4.78 is 70.2. The molecule has 174 valence electrons. The van der Waals surface area contributed by atoms with Crippen molar-refractivity contribution in [3.05, 3.63) is 47.3 Å². The summed E-state index contributed by atoms with van der Waals surface area (Å²) in [7, 11) is -3.60. The van der Waals surface area contributed by atoms with E-state index in [1.807, 2.05) is 0 Å². The molecule has 1 aromatic carbocycles. The van der Waals surface area contributed by atoms with E-state index in [4.69, 9.17) is 4.74 Å². The van der Waals surface area contributed by atoms with Gasteiger partial charge in [-0.15, -0.1) is 11.3 Å². The number of hydrogen-bond acceptors (Lipinski definition) is 6. The van der Waals surface area contributed by atoms with E-state index in [2.05, 4.69) is 5.32 Å². The monoisotopic (exact) mass is 490 g/mol. The number of rotatable bonds is 6. The topological polar surface area (TPSA) is 92.8 Å². The minimum Gasteiger partial charge on any atom is -0.452 e. The number of anilines is 1. The van der Waals surface area contributed by atoms with Crippen molar-refractivity contribution in [1.82, 2.24) is 4.31 Å². The fourth-order valence-corrected chi connectivity index (χ4v) is 5.82. The lowest BCUT2D eigenvalue weighted by Gasteiger charge is -2.30. The Hall–Kier alpha value is -2.44. The van der Waals surface area contributed by atoms with Crippen LogP contribution in [-0.2, 0) is 30.5 Å². The first kappa shape index (κ1) is 24.2. The Balaban J connectivity index is 1.52. The number of amides is 1. The Morgan fingerprint density at radius 3 is 2.47 bits per heavy atom. The summed E-state index contributed by atoms with van der Waals surface area (Å²) in [5.74, 6) is -1.99. The van der Waals surface area contributed by atoms with Crippen molar-refractivity contribution in [3.63, 3.8) is 0 Å².